The molecule has 1 aromatic rings. The van der Waals surface area contributed by atoms with Crippen molar-refractivity contribution in [3.63, 3.8) is 0 Å². The fourth-order valence-electron chi connectivity index (χ4n) is 1.78. The van der Waals surface area contributed by atoms with E-state index < -0.39 is 6.10 Å². The Morgan fingerprint density at radius 2 is 2.39 bits per heavy atom. The highest BCUT2D eigenvalue weighted by molar-refractivity contribution is 5.92. The maximum Gasteiger partial charge on any atom is 0.289 e. The summed E-state index contributed by atoms with van der Waals surface area (Å²) >= 11 is 0. The summed E-state index contributed by atoms with van der Waals surface area (Å²) in [5, 5.41) is 11.5. The first-order valence-corrected chi connectivity index (χ1v) is 5.56. The average molecular weight is 253 g/mol. The molecule has 1 aromatic heterocycles. The zero-order chi connectivity index (χ0) is 13.1. The Labute approximate surface area is 104 Å². The molecule has 0 saturated carbocycles. The number of nitrogens with two attached hydrogens (primary N) is 1. The van der Waals surface area contributed by atoms with Gasteiger partial charge in [0.2, 0.25) is 0 Å². The molecule has 18 heavy (non-hydrogen) atoms. The molecule has 1 fully saturated rings. The maximum absolute atomic E-state index is 12.1. The van der Waals surface area contributed by atoms with Crippen LogP contribution in [-0.4, -0.2) is 47.7 Å². The van der Waals surface area contributed by atoms with Crippen LogP contribution in [-0.2, 0) is 4.74 Å². The first kappa shape index (κ1) is 12.4. The third kappa shape index (κ3) is 2.45. The molecule has 0 spiro atoms. The predicted molar refractivity (Wildman–Crippen MR) is 62.5 cm³/mol. The number of amidine groups is 1. The number of furan rings is 1. The minimum atomic E-state index is -0.580. The smallest absolute Gasteiger partial charge is 0.289 e. The van der Waals surface area contributed by atoms with Gasteiger partial charge in [-0.05, 0) is 19.1 Å². The second-order valence-electron chi connectivity index (χ2n) is 4.05. The lowest BCUT2D eigenvalue weighted by Crippen LogP contribution is -2.50. The second-order valence-corrected chi connectivity index (χ2v) is 4.05. The van der Waals surface area contributed by atoms with Crippen molar-refractivity contribution < 1.29 is 19.2 Å². The summed E-state index contributed by atoms with van der Waals surface area (Å²) in [5.74, 6) is 0.706. The van der Waals surface area contributed by atoms with Gasteiger partial charge in [0.1, 0.15) is 11.9 Å². The molecule has 1 saturated heterocycles. The van der Waals surface area contributed by atoms with Crippen LogP contribution in [0.2, 0.25) is 0 Å². The van der Waals surface area contributed by atoms with Crippen molar-refractivity contribution in [2.45, 2.75) is 13.0 Å². The summed E-state index contributed by atoms with van der Waals surface area (Å²) in [5.41, 5.74) is 5.47. The van der Waals surface area contributed by atoms with E-state index in [2.05, 4.69) is 5.16 Å². The molecule has 98 valence electrons. The van der Waals surface area contributed by atoms with Crippen molar-refractivity contribution in [1.29, 1.82) is 0 Å². The molecule has 1 aliphatic heterocycles. The fourth-order valence-corrected chi connectivity index (χ4v) is 1.78. The Morgan fingerprint density at radius 3 is 3.00 bits per heavy atom. The van der Waals surface area contributed by atoms with Crippen molar-refractivity contribution in [2.75, 3.05) is 19.7 Å². The molecule has 1 aliphatic rings. The number of carbonyl (C=O) groups is 1. The van der Waals surface area contributed by atoms with Gasteiger partial charge in [-0.1, -0.05) is 5.16 Å². The van der Waals surface area contributed by atoms with Crippen molar-refractivity contribution in [3.05, 3.63) is 23.7 Å². The number of amides is 1. The van der Waals surface area contributed by atoms with Crippen LogP contribution in [0.15, 0.2) is 21.7 Å². The van der Waals surface area contributed by atoms with E-state index in [1.165, 1.54) is 0 Å². The Hall–Kier alpha value is -2.02. The van der Waals surface area contributed by atoms with E-state index in [1.54, 1.807) is 24.0 Å². The maximum atomic E-state index is 12.1. The SMILES string of the molecule is Cc1ccc(C(=O)N2CCOC(C(N)=NO)C2)o1. The summed E-state index contributed by atoms with van der Waals surface area (Å²) in [6.45, 7) is 2.81. The van der Waals surface area contributed by atoms with Crippen LogP contribution in [0.5, 0.6) is 0 Å². The number of rotatable bonds is 2. The zero-order valence-corrected chi connectivity index (χ0v) is 10.00. The van der Waals surface area contributed by atoms with Crippen molar-refractivity contribution in [2.24, 2.45) is 10.9 Å². The molecule has 7 heteroatoms. The van der Waals surface area contributed by atoms with E-state index in [-0.39, 0.29) is 24.0 Å². The summed E-state index contributed by atoms with van der Waals surface area (Å²) in [6, 6.07) is 3.36. The van der Waals surface area contributed by atoms with Gasteiger partial charge >= 0.3 is 0 Å². The van der Waals surface area contributed by atoms with Crippen LogP contribution < -0.4 is 5.73 Å². The first-order valence-electron chi connectivity index (χ1n) is 5.56. The van der Waals surface area contributed by atoms with Crippen LogP contribution in [0, 0.1) is 6.92 Å². The molecule has 3 N–H and O–H groups in total. The first-order chi connectivity index (χ1) is 8.61. The van der Waals surface area contributed by atoms with Crippen molar-refractivity contribution in [1.82, 2.24) is 4.90 Å². The molecule has 0 aromatic carbocycles. The Balaban J connectivity index is 2.07. The van der Waals surface area contributed by atoms with Crippen LogP contribution in [0.25, 0.3) is 0 Å². The van der Waals surface area contributed by atoms with Gasteiger partial charge in [-0.2, -0.15) is 0 Å². The van der Waals surface area contributed by atoms with Crippen LogP contribution in [0.3, 0.4) is 0 Å². The number of hydrogen-bond donors (Lipinski definition) is 2. The molecule has 0 radical (unpaired) electrons. The van der Waals surface area contributed by atoms with Gasteiger partial charge < -0.3 is 25.0 Å². The number of aryl methyl sites for hydroxylation is 1. The van der Waals surface area contributed by atoms with Gasteiger partial charge in [-0.15, -0.1) is 0 Å². The molecular weight excluding hydrogens is 238 g/mol. The van der Waals surface area contributed by atoms with E-state index in [9.17, 15) is 4.79 Å². The number of oxime groups is 1. The average Bonchev–Trinajstić information content (AvgIpc) is 2.83. The molecule has 1 amide bonds. The fraction of sp³-hybridized carbons (Fsp3) is 0.455. The van der Waals surface area contributed by atoms with Crippen molar-refractivity contribution in [3.8, 4) is 0 Å². The topological polar surface area (TPSA) is 101 Å². The Kier molecular flexibility index (Phi) is 3.52. The van der Waals surface area contributed by atoms with Gasteiger partial charge in [-0.25, -0.2) is 0 Å². The van der Waals surface area contributed by atoms with E-state index in [1.807, 2.05) is 0 Å². The highest BCUT2D eigenvalue weighted by Gasteiger charge is 2.28. The van der Waals surface area contributed by atoms with E-state index in [4.69, 9.17) is 20.1 Å². The van der Waals surface area contributed by atoms with Gasteiger partial charge in [0.05, 0.1) is 13.2 Å². The van der Waals surface area contributed by atoms with Crippen LogP contribution in [0.1, 0.15) is 16.3 Å². The van der Waals surface area contributed by atoms with E-state index in [0.29, 0.717) is 18.9 Å². The Bertz CT molecular complexity index is 469. The highest BCUT2D eigenvalue weighted by atomic mass is 16.5. The van der Waals surface area contributed by atoms with Crippen LogP contribution >= 0.6 is 0 Å². The monoisotopic (exact) mass is 253 g/mol. The van der Waals surface area contributed by atoms with Gasteiger partial charge in [0.15, 0.2) is 11.6 Å². The second kappa shape index (κ2) is 5.09. The molecule has 0 bridgehead atoms. The molecular formula is C11H15N3O4. The normalized spacial score (nSPS) is 21.1. The molecule has 0 aliphatic carbocycles. The van der Waals surface area contributed by atoms with Gasteiger partial charge in [0, 0.05) is 6.54 Å². The summed E-state index contributed by atoms with van der Waals surface area (Å²) in [6.07, 6.45) is -0.580. The minimum absolute atomic E-state index is 0.0388. The molecule has 2 heterocycles. The third-order valence-corrected chi connectivity index (χ3v) is 2.75. The minimum Gasteiger partial charge on any atom is -0.456 e. The quantitative estimate of drug-likeness (QED) is 0.339. The molecule has 7 nitrogen and oxygen atoms in total. The molecule has 1 atom stereocenters. The lowest BCUT2D eigenvalue weighted by molar-refractivity contribution is 0.00530. The van der Waals surface area contributed by atoms with E-state index >= 15 is 0 Å². The zero-order valence-electron chi connectivity index (χ0n) is 10.00. The number of nitrogens with zero attached hydrogens (tertiary/aromatic N) is 2. The van der Waals surface area contributed by atoms with Gasteiger partial charge in [0.25, 0.3) is 5.91 Å². The highest BCUT2D eigenvalue weighted by Crippen LogP contribution is 2.13. The molecule has 2 rings (SSSR count). The lowest BCUT2D eigenvalue weighted by atomic mass is 10.2. The molecule has 1 unspecified atom stereocenters. The van der Waals surface area contributed by atoms with E-state index in [0.717, 1.165) is 0 Å². The summed E-state index contributed by atoms with van der Waals surface area (Å²) in [7, 11) is 0. The van der Waals surface area contributed by atoms with Crippen molar-refractivity contribution >= 4 is 11.7 Å². The number of ether oxygens (including phenoxy) is 1. The summed E-state index contributed by atoms with van der Waals surface area (Å²) < 4.78 is 10.6. The van der Waals surface area contributed by atoms with Crippen LogP contribution in [0.4, 0.5) is 0 Å². The lowest BCUT2D eigenvalue weighted by Gasteiger charge is -2.31. The third-order valence-electron chi connectivity index (χ3n) is 2.75. The number of carbonyl (C=O) groups excluding carboxylic acids is 1. The standard InChI is InChI=1S/C11H15N3O4/c1-7-2-3-8(18-7)11(15)14-4-5-17-9(6-14)10(12)13-16/h2-3,9,16H,4-6H2,1H3,(H2,12,13). The largest absolute Gasteiger partial charge is 0.456 e. The summed E-state index contributed by atoms with van der Waals surface area (Å²) in [4.78, 5) is 13.7. The number of hydrogen-bond acceptors (Lipinski definition) is 5. The predicted octanol–water partition coefficient (Wildman–Crippen LogP) is 0.175. The Morgan fingerprint density at radius 1 is 1.61 bits per heavy atom. The van der Waals surface area contributed by atoms with Gasteiger partial charge in [-0.3, -0.25) is 4.79 Å². The number of morpholine rings is 1.